The van der Waals surface area contributed by atoms with Crippen molar-refractivity contribution in [3.05, 3.63) is 0 Å². The molecule has 0 heterocycles. The van der Waals surface area contributed by atoms with Gasteiger partial charge in [-0.2, -0.15) is 0 Å². The second-order valence-electron chi connectivity index (χ2n) is 0.669. The van der Waals surface area contributed by atoms with E-state index in [2.05, 4.69) is 13.4 Å². The Morgan fingerprint density at radius 2 is 2.50 bits per heavy atom. The van der Waals surface area contributed by atoms with Gasteiger partial charge >= 0.3 is 46.8 Å². The Kier molecular flexibility index (Phi) is 6.23. The molecule has 0 nitrogen and oxygen atoms in total. The molecule has 34 valence electrons. The molecule has 0 spiro atoms. The van der Waals surface area contributed by atoms with Crippen LogP contribution in [0, 0.1) is 0 Å². The third kappa shape index (κ3) is 4.63. The van der Waals surface area contributed by atoms with Crippen LogP contribution >= 0.6 is 21.4 Å². The van der Waals surface area contributed by atoms with Gasteiger partial charge in [0.2, 0.25) is 0 Å². The van der Waals surface area contributed by atoms with Gasteiger partial charge in [-0.05, 0) is 0 Å². The third-order valence-electron chi connectivity index (χ3n) is 0.254. The fraction of sp³-hybridized carbons (Fsp3) is 0.667. The van der Waals surface area contributed by atoms with E-state index < -0.39 is 0 Å². The molecule has 0 rings (SSSR count). The van der Waals surface area contributed by atoms with Gasteiger partial charge in [0.15, 0.2) is 0 Å². The van der Waals surface area contributed by atoms with Crippen LogP contribution in [0.25, 0.3) is 0 Å². The second-order valence-corrected chi connectivity index (χ2v) is 3.29. The van der Waals surface area contributed by atoms with Crippen LogP contribution in [0.4, 0.5) is 0 Å². The summed E-state index contributed by atoms with van der Waals surface area (Å²) < 4.78 is 0. The van der Waals surface area contributed by atoms with Gasteiger partial charge in [-0.15, -0.1) is 0 Å². The summed E-state index contributed by atoms with van der Waals surface area (Å²) in [6.07, 6.45) is 1.84. The molecule has 0 aromatic heterocycles. The van der Waals surface area contributed by atoms with E-state index in [9.17, 15) is 0 Å². The fourth-order valence-corrected chi connectivity index (χ4v) is 1.05. The molecule has 0 aliphatic carbocycles. The molecule has 0 bridgehead atoms. The van der Waals surface area contributed by atoms with E-state index in [1.165, 1.54) is 0 Å². The molecule has 6 heavy (non-hydrogen) atoms. The molecule has 0 N–H and O–H groups in total. The average Bonchev–Trinajstić information content (AvgIpc) is 1.61. The standard InChI is InChI=1S/C3H7BS2/c1-3-5-6-4-2/h2-3H2,1H3. The van der Waals surface area contributed by atoms with E-state index in [1.54, 1.807) is 21.4 Å². The Labute approximate surface area is 47.3 Å². The predicted octanol–water partition coefficient (Wildman–Crippen LogP) is 1.44. The van der Waals surface area contributed by atoms with E-state index >= 15 is 0 Å². The quantitative estimate of drug-likeness (QED) is 0.312. The molecule has 0 saturated heterocycles. The topological polar surface area (TPSA) is 0 Å². The van der Waals surface area contributed by atoms with Crippen LogP contribution in [0.2, 0.25) is 0 Å². The molecule has 0 unspecified atom stereocenters. The first-order valence-corrected chi connectivity index (χ1v) is 4.19. The molecule has 0 aromatic carbocycles. The molecule has 0 fully saturated rings. The Morgan fingerprint density at radius 3 is 2.67 bits per heavy atom. The SMILES string of the molecule is C=BSSCC. The zero-order chi connectivity index (χ0) is 4.83. The Hall–Kier alpha value is 0.635. The monoisotopic (exact) mass is 118 g/mol. The summed E-state index contributed by atoms with van der Waals surface area (Å²) in [5.74, 6) is 1.16. The summed E-state index contributed by atoms with van der Waals surface area (Å²) in [5.41, 5.74) is 0. The second kappa shape index (κ2) is 5.63. The van der Waals surface area contributed by atoms with Crippen molar-refractivity contribution in [1.29, 1.82) is 0 Å². The molecule has 0 aliphatic rings. The first-order chi connectivity index (χ1) is 2.91. The van der Waals surface area contributed by atoms with Crippen LogP contribution in [-0.2, 0) is 0 Å². The first kappa shape index (κ1) is 6.63. The van der Waals surface area contributed by atoms with E-state index in [1.807, 2.05) is 6.20 Å². The first-order valence-electron chi connectivity index (χ1n) is 1.81. The summed E-state index contributed by atoms with van der Waals surface area (Å²) in [4.78, 5) is 0. The van der Waals surface area contributed by atoms with Gasteiger partial charge in [0, 0.05) is 0 Å². The van der Waals surface area contributed by atoms with Crippen molar-refractivity contribution < 1.29 is 0 Å². The minimum absolute atomic E-state index is 1.16. The van der Waals surface area contributed by atoms with Crippen LogP contribution in [0.1, 0.15) is 6.92 Å². The van der Waals surface area contributed by atoms with Crippen LogP contribution in [-0.4, -0.2) is 18.4 Å². The zero-order valence-corrected chi connectivity index (χ0v) is 5.44. The van der Waals surface area contributed by atoms with Crippen molar-refractivity contribution in [2.75, 3.05) is 5.75 Å². The van der Waals surface area contributed by atoms with E-state index in [-0.39, 0.29) is 0 Å². The van der Waals surface area contributed by atoms with Crippen molar-refractivity contribution in [2.45, 2.75) is 6.92 Å². The van der Waals surface area contributed by atoms with Crippen LogP contribution < -0.4 is 0 Å². The van der Waals surface area contributed by atoms with E-state index in [0.717, 1.165) is 5.75 Å². The van der Waals surface area contributed by atoms with Crippen molar-refractivity contribution in [3.8, 4) is 0 Å². The van der Waals surface area contributed by atoms with Gasteiger partial charge < -0.3 is 0 Å². The molecule has 0 amide bonds. The number of hydrogen-bond donors (Lipinski definition) is 0. The third-order valence-corrected chi connectivity index (χ3v) is 2.29. The Morgan fingerprint density at radius 1 is 1.83 bits per heavy atom. The van der Waals surface area contributed by atoms with Crippen LogP contribution in [0.5, 0.6) is 0 Å². The van der Waals surface area contributed by atoms with Gasteiger partial charge in [-0.1, -0.05) is 0 Å². The molecule has 3 heteroatoms. The number of rotatable bonds is 3. The van der Waals surface area contributed by atoms with Gasteiger partial charge in [-0.3, -0.25) is 0 Å². The normalized spacial score (nSPS) is 7.50. The van der Waals surface area contributed by atoms with Gasteiger partial charge in [0.05, 0.1) is 0 Å². The predicted molar refractivity (Wildman–Crippen MR) is 38.6 cm³/mol. The molecular formula is C3H7BS2. The Balaban J connectivity index is 2.49. The van der Waals surface area contributed by atoms with Gasteiger partial charge in [0.1, 0.15) is 0 Å². The summed E-state index contributed by atoms with van der Waals surface area (Å²) in [6.45, 7) is 5.67. The average molecular weight is 118 g/mol. The van der Waals surface area contributed by atoms with E-state index in [4.69, 9.17) is 0 Å². The summed E-state index contributed by atoms with van der Waals surface area (Å²) in [5, 5.41) is 0. The summed E-state index contributed by atoms with van der Waals surface area (Å²) >= 11 is 0. The molecular weight excluding hydrogens is 111 g/mol. The van der Waals surface area contributed by atoms with Crippen molar-refractivity contribution in [1.82, 2.24) is 0 Å². The molecule has 0 aromatic rings. The fourth-order valence-electron chi connectivity index (χ4n) is 0.116. The molecule has 0 aliphatic heterocycles. The molecule has 0 radical (unpaired) electrons. The van der Waals surface area contributed by atoms with Gasteiger partial charge in [-0.25, -0.2) is 0 Å². The number of hydrogen-bond acceptors (Lipinski definition) is 2. The van der Waals surface area contributed by atoms with E-state index in [0.29, 0.717) is 0 Å². The Bertz CT molecular complexity index is 37.8. The summed E-state index contributed by atoms with van der Waals surface area (Å²) in [7, 11) is 3.50. The maximum atomic E-state index is 3.54. The van der Waals surface area contributed by atoms with Crippen LogP contribution in [0.3, 0.4) is 0 Å². The van der Waals surface area contributed by atoms with Crippen LogP contribution in [0.15, 0.2) is 0 Å². The minimum atomic E-state index is 1.16. The zero-order valence-electron chi connectivity index (χ0n) is 3.81. The molecule has 0 atom stereocenters. The van der Waals surface area contributed by atoms with Gasteiger partial charge in [0.25, 0.3) is 0 Å². The van der Waals surface area contributed by atoms with Crippen molar-refractivity contribution in [3.63, 3.8) is 0 Å². The maximum absolute atomic E-state index is 3.54. The molecule has 0 saturated carbocycles. The van der Waals surface area contributed by atoms with Crippen molar-refractivity contribution >= 4 is 34.1 Å². The van der Waals surface area contributed by atoms with Crippen molar-refractivity contribution in [2.24, 2.45) is 0 Å². The summed E-state index contributed by atoms with van der Waals surface area (Å²) in [6, 6.07) is 0.